The molecular formula is C18H23ClFNO4. The van der Waals surface area contributed by atoms with Gasteiger partial charge in [-0.15, -0.1) is 0 Å². The molecule has 0 saturated carbocycles. The van der Waals surface area contributed by atoms with Crippen molar-refractivity contribution in [2.45, 2.75) is 32.1 Å². The topological polar surface area (TPSA) is 75.6 Å². The highest BCUT2D eigenvalue weighted by Gasteiger charge is 2.35. The number of hydrogen-bond acceptors (Lipinski definition) is 3. The fourth-order valence-electron chi connectivity index (χ4n) is 3.12. The summed E-state index contributed by atoms with van der Waals surface area (Å²) in [6.07, 6.45) is 1.31. The summed E-state index contributed by atoms with van der Waals surface area (Å²) in [4.78, 5) is 24.1. The summed E-state index contributed by atoms with van der Waals surface area (Å²) in [5.41, 5.74) is -0.930. The molecule has 1 aromatic carbocycles. The van der Waals surface area contributed by atoms with E-state index in [9.17, 15) is 19.1 Å². The van der Waals surface area contributed by atoms with Crippen molar-refractivity contribution in [2.24, 2.45) is 11.8 Å². The van der Waals surface area contributed by atoms with Gasteiger partial charge in [-0.05, 0) is 44.7 Å². The molecule has 2 N–H and O–H groups in total. The normalized spacial score (nSPS) is 17.1. The third-order valence-corrected chi connectivity index (χ3v) is 5.04. The van der Waals surface area contributed by atoms with Crippen molar-refractivity contribution in [3.63, 3.8) is 0 Å². The van der Waals surface area contributed by atoms with Gasteiger partial charge in [0.1, 0.15) is 5.82 Å². The molecule has 1 unspecified atom stereocenters. The maximum absolute atomic E-state index is 14.2. The molecule has 1 saturated heterocycles. The molecule has 1 heterocycles. The third kappa shape index (κ3) is 4.70. The predicted octanol–water partition coefficient (Wildman–Crippen LogP) is 3.00. The van der Waals surface area contributed by atoms with Crippen molar-refractivity contribution in [1.29, 1.82) is 0 Å². The Bertz CT molecular complexity index is 644. The summed E-state index contributed by atoms with van der Waals surface area (Å²) in [7, 11) is 0. The van der Waals surface area contributed by atoms with Crippen molar-refractivity contribution in [3.05, 3.63) is 34.6 Å². The summed E-state index contributed by atoms with van der Waals surface area (Å²) in [6, 6.07) is 4.16. The van der Waals surface area contributed by atoms with Gasteiger partial charge in [0.05, 0.1) is 11.3 Å². The minimum Gasteiger partial charge on any atom is -0.481 e. The Labute approximate surface area is 151 Å². The van der Waals surface area contributed by atoms with E-state index in [1.54, 1.807) is 13.8 Å². The highest BCUT2D eigenvalue weighted by molar-refractivity contribution is 6.30. The molecule has 1 aromatic rings. The van der Waals surface area contributed by atoms with E-state index in [-0.39, 0.29) is 23.0 Å². The molecule has 1 aliphatic heterocycles. The van der Waals surface area contributed by atoms with E-state index in [0.717, 1.165) is 6.07 Å². The van der Waals surface area contributed by atoms with Crippen LogP contribution in [0.25, 0.3) is 0 Å². The van der Waals surface area contributed by atoms with E-state index >= 15 is 0 Å². The lowest BCUT2D eigenvalue weighted by Gasteiger charge is -2.30. The van der Waals surface area contributed by atoms with Gasteiger partial charge in [-0.2, -0.15) is 0 Å². The van der Waals surface area contributed by atoms with Gasteiger partial charge >= 0.3 is 5.97 Å². The number of hydrogen-bond donors (Lipinski definition) is 2. The van der Waals surface area contributed by atoms with Gasteiger partial charge in [0.15, 0.2) is 0 Å². The number of carbonyl (C=O) groups is 2. The minimum atomic E-state index is -1.15. The van der Waals surface area contributed by atoms with Crippen LogP contribution in [0.4, 0.5) is 4.39 Å². The molecule has 1 atom stereocenters. The Morgan fingerprint density at radius 1 is 1.40 bits per heavy atom. The van der Waals surface area contributed by atoms with Crippen molar-refractivity contribution < 1.29 is 23.8 Å². The summed E-state index contributed by atoms with van der Waals surface area (Å²) in [5, 5.41) is 12.4. The molecule has 0 spiro atoms. The number of carboxylic acid groups (broad SMARTS) is 1. The first-order valence-electron chi connectivity index (χ1n) is 8.28. The third-order valence-electron chi connectivity index (χ3n) is 4.81. The number of aliphatic carboxylic acids is 1. The van der Waals surface area contributed by atoms with E-state index in [1.807, 2.05) is 0 Å². The van der Waals surface area contributed by atoms with Crippen LogP contribution in [0.5, 0.6) is 0 Å². The van der Waals surface area contributed by atoms with E-state index in [1.165, 1.54) is 12.1 Å². The van der Waals surface area contributed by atoms with Gasteiger partial charge in [-0.1, -0.05) is 17.7 Å². The Balaban J connectivity index is 2.07. The van der Waals surface area contributed by atoms with Crippen LogP contribution in [-0.2, 0) is 19.7 Å². The lowest BCUT2D eigenvalue weighted by atomic mass is 9.82. The lowest BCUT2D eigenvalue weighted by Crippen LogP contribution is -2.45. The molecule has 1 fully saturated rings. The maximum atomic E-state index is 14.2. The monoisotopic (exact) mass is 371 g/mol. The number of carboxylic acids is 1. The van der Waals surface area contributed by atoms with Gasteiger partial charge < -0.3 is 15.2 Å². The summed E-state index contributed by atoms with van der Waals surface area (Å²) in [6.45, 7) is 4.27. The number of ether oxygens (including phenoxy) is 1. The average Bonchev–Trinajstić information content (AvgIpc) is 2.55. The predicted molar refractivity (Wildman–Crippen MR) is 92.1 cm³/mol. The van der Waals surface area contributed by atoms with Crippen LogP contribution in [0.1, 0.15) is 32.3 Å². The van der Waals surface area contributed by atoms with Gasteiger partial charge in [0.2, 0.25) is 5.91 Å². The number of rotatable bonds is 6. The van der Waals surface area contributed by atoms with Gasteiger partial charge in [0.25, 0.3) is 0 Å². The first kappa shape index (κ1) is 19.7. The zero-order valence-corrected chi connectivity index (χ0v) is 15.1. The Morgan fingerprint density at radius 3 is 2.60 bits per heavy atom. The van der Waals surface area contributed by atoms with E-state index in [0.29, 0.717) is 26.1 Å². The lowest BCUT2D eigenvalue weighted by molar-refractivity contribution is -0.145. The quantitative estimate of drug-likeness (QED) is 0.806. The Kier molecular flexibility index (Phi) is 6.41. The number of nitrogens with one attached hydrogen (secondary N) is 1. The Morgan fingerprint density at radius 2 is 2.04 bits per heavy atom. The average molecular weight is 372 g/mol. The number of halogens is 2. The molecule has 1 aliphatic rings. The van der Waals surface area contributed by atoms with Crippen LogP contribution in [-0.4, -0.2) is 36.7 Å². The highest BCUT2D eigenvalue weighted by Crippen LogP contribution is 2.29. The van der Waals surface area contributed by atoms with Crippen LogP contribution >= 0.6 is 11.6 Å². The zero-order chi connectivity index (χ0) is 18.6. The van der Waals surface area contributed by atoms with Crippen LogP contribution in [0.3, 0.4) is 0 Å². The zero-order valence-electron chi connectivity index (χ0n) is 14.4. The fourth-order valence-corrected chi connectivity index (χ4v) is 3.27. The molecule has 0 aromatic heterocycles. The second-order valence-electron chi connectivity index (χ2n) is 6.85. The maximum Gasteiger partial charge on any atom is 0.308 e. The summed E-state index contributed by atoms with van der Waals surface area (Å²) < 4.78 is 19.4. The van der Waals surface area contributed by atoms with E-state index < -0.39 is 29.0 Å². The van der Waals surface area contributed by atoms with Gasteiger partial charge in [-0.25, -0.2) is 4.39 Å². The van der Waals surface area contributed by atoms with E-state index in [4.69, 9.17) is 16.3 Å². The summed E-state index contributed by atoms with van der Waals surface area (Å²) in [5.74, 6) is -2.65. The SMILES string of the molecule is CC(C)(C(=O)NCC(C(=O)O)C1CCOCC1)c1ccc(Cl)cc1F. The molecule has 25 heavy (non-hydrogen) atoms. The van der Waals surface area contributed by atoms with Crippen LogP contribution < -0.4 is 5.32 Å². The van der Waals surface area contributed by atoms with Crippen molar-refractivity contribution in [2.75, 3.05) is 19.8 Å². The van der Waals surface area contributed by atoms with Crippen molar-refractivity contribution in [1.82, 2.24) is 5.32 Å². The number of amides is 1. The smallest absolute Gasteiger partial charge is 0.308 e. The van der Waals surface area contributed by atoms with Crippen molar-refractivity contribution >= 4 is 23.5 Å². The van der Waals surface area contributed by atoms with Gasteiger partial charge in [-0.3, -0.25) is 9.59 Å². The first-order chi connectivity index (χ1) is 11.7. The van der Waals surface area contributed by atoms with E-state index in [2.05, 4.69) is 5.32 Å². The van der Waals surface area contributed by atoms with Crippen LogP contribution in [0.2, 0.25) is 5.02 Å². The second kappa shape index (κ2) is 8.15. The second-order valence-corrected chi connectivity index (χ2v) is 7.29. The molecule has 2 rings (SSSR count). The molecule has 5 nitrogen and oxygen atoms in total. The standard InChI is InChI=1S/C18H23ClFNO4/c1-18(2,14-4-3-12(19)9-15(14)20)17(24)21-10-13(16(22)23)11-5-7-25-8-6-11/h3-4,9,11,13H,5-8,10H2,1-2H3,(H,21,24)(H,22,23). The fraction of sp³-hybridized carbons (Fsp3) is 0.556. The molecule has 138 valence electrons. The van der Waals surface area contributed by atoms with Gasteiger partial charge in [0, 0.05) is 30.3 Å². The molecule has 0 aliphatic carbocycles. The minimum absolute atomic E-state index is 0.0114. The molecule has 0 radical (unpaired) electrons. The molecule has 1 amide bonds. The molecule has 0 bridgehead atoms. The largest absolute Gasteiger partial charge is 0.481 e. The Hall–Kier alpha value is -1.66. The van der Waals surface area contributed by atoms with Crippen LogP contribution in [0, 0.1) is 17.7 Å². The first-order valence-corrected chi connectivity index (χ1v) is 8.65. The van der Waals surface area contributed by atoms with Crippen molar-refractivity contribution in [3.8, 4) is 0 Å². The number of carbonyl (C=O) groups excluding carboxylic acids is 1. The highest BCUT2D eigenvalue weighted by atomic mass is 35.5. The molecule has 7 heteroatoms. The van der Waals surface area contributed by atoms with Crippen LogP contribution in [0.15, 0.2) is 18.2 Å². The summed E-state index contributed by atoms with van der Waals surface area (Å²) >= 11 is 5.75. The number of benzene rings is 1. The molecular weight excluding hydrogens is 349 g/mol.